The Balaban J connectivity index is 2.47. The van der Waals surface area contributed by atoms with Crippen LogP contribution < -0.4 is 11.1 Å². The smallest absolute Gasteiger partial charge is 0.220 e. The zero-order valence-corrected chi connectivity index (χ0v) is 11.4. The van der Waals surface area contributed by atoms with Gasteiger partial charge in [0, 0.05) is 25.4 Å². The quantitative estimate of drug-likeness (QED) is 0.803. The molecule has 0 aliphatic carbocycles. The van der Waals surface area contributed by atoms with Crippen molar-refractivity contribution in [2.45, 2.75) is 39.2 Å². The van der Waals surface area contributed by atoms with Crippen LogP contribution in [0.1, 0.15) is 32.8 Å². The molecule has 1 amide bonds. The van der Waals surface area contributed by atoms with E-state index in [2.05, 4.69) is 24.1 Å². The number of aromatic nitrogens is 1. The maximum atomic E-state index is 11.9. The van der Waals surface area contributed by atoms with E-state index in [1.54, 1.807) is 12.4 Å². The third kappa shape index (κ3) is 4.11. The van der Waals surface area contributed by atoms with Gasteiger partial charge in [-0.3, -0.25) is 9.78 Å². The first-order valence-electron chi connectivity index (χ1n) is 6.38. The summed E-state index contributed by atoms with van der Waals surface area (Å²) in [7, 11) is 0. The Morgan fingerprint density at radius 1 is 1.56 bits per heavy atom. The summed E-state index contributed by atoms with van der Waals surface area (Å²) >= 11 is 0. The van der Waals surface area contributed by atoms with Gasteiger partial charge in [-0.15, -0.1) is 0 Å². The van der Waals surface area contributed by atoms with E-state index in [4.69, 9.17) is 5.73 Å². The van der Waals surface area contributed by atoms with Crippen molar-refractivity contribution in [3.63, 3.8) is 0 Å². The van der Waals surface area contributed by atoms with Crippen molar-refractivity contribution in [2.24, 2.45) is 11.7 Å². The van der Waals surface area contributed by atoms with E-state index in [0.29, 0.717) is 25.3 Å². The lowest BCUT2D eigenvalue weighted by molar-refractivity contribution is -0.123. The van der Waals surface area contributed by atoms with Crippen molar-refractivity contribution in [3.8, 4) is 0 Å². The molecule has 0 spiro atoms. The van der Waals surface area contributed by atoms with Crippen LogP contribution in [0.3, 0.4) is 0 Å². The van der Waals surface area contributed by atoms with E-state index in [1.807, 2.05) is 19.1 Å². The molecule has 0 saturated carbocycles. The summed E-state index contributed by atoms with van der Waals surface area (Å²) in [6.45, 7) is 6.56. The number of nitrogens with zero attached hydrogens (tertiary/aromatic N) is 1. The van der Waals surface area contributed by atoms with Gasteiger partial charge >= 0.3 is 0 Å². The number of carbonyl (C=O) groups is 1. The first kappa shape index (κ1) is 14.6. The van der Waals surface area contributed by atoms with Crippen molar-refractivity contribution < 1.29 is 4.79 Å². The highest BCUT2D eigenvalue weighted by Crippen LogP contribution is 2.15. The van der Waals surface area contributed by atoms with Crippen molar-refractivity contribution in [1.82, 2.24) is 10.3 Å². The topological polar surface area (TPSA) is 68.0 Å². The zero-order chi connectivity index (χ0) is 13.6. The molecular formula is C14H23N3O. The lowest BCUT2D eigenvalue weighted by Crippen LogP contribution is -2.55. The predicted molar refractivity (Wildman–Crippen MR) is 73.0 cm³/mol. The highest BCUT2D eigenvalue weighted by Gasteiger charge is 2.28. The Labute approximate surface area is 109 Å². The molecule has 0 saturated heterocycles. The molecule has 4 nitrogen and oxygen atoms in total. The minimum Gasteiger partial charge on any atom is -0.349 e. The molecule has 0 aliphatic rings. The van der Waals surface area contributed by atoms with Crippen LogP contribution in [0.5, 0.6) is 0 Å². The van der Waals surface area contributed by atoms with Crippen LogP contribution in [0.2, 0.25) is 0 Å². The van der Waals surface area contributed by atoms with E-state index in [1.165, 1.54) is 0 Å². The van der Waals surface area contributed by atoms with Gasteiger partial charge in [-0.05, 0) is 30.9 Å². The first-order chi connectivity index (χ1) is 8.48. The maximum Gasteiger partial charge on any atom is 0.220 e. The standard InChI is InChI=1S/C14H23N3O/c1-11(2)14(3,10-15)17-13(18)7-6-12-5-4-8-16-9-12/h4-5,8-9,11H,6-7,10,15H2,1-3H3,(H,17,18). The second kappa shape index (κ2) is 6.50. The molecule has 1 heterocycles. The predicted octanol–water partition coefficient (Wildman–Crippen LogP) is 1.50. The Kier molecular flexibility index (Phi) is 5.28. The summed E-state index contributed by atoms with van der Waals surface area (Å²) in [5, 5.41) is 3.03. The molecule has 0 radical (unpaired) electrons. The fourth-order valence-electron chi connectivity index (χ4n) is 1.62. The molecule has 3 N–H and O–H groups in total. The van der Waals surface area contributed by atoms with E-state index in [-0.39, 0.29) is 11.4 Å². The minimum absolute atomic E-state index is 0.0421. The van der Waals surface area contributed by atoms with E-state index in [0.717, 1.165) is 5.56 Å². The van der Waals surface area contributed by atoms with E-state index in [9.17, 15) is 4.79 Å². The number of aryl methyl sites for hydroxylation is 1. The van der Waals surface area contributed by atoms with Gasteiger partial charge in [0.2, 0.25) is 5.91 Å². The monoisotopic (exact) mass is 249 g/mol. The Hall–Kier alpha value is -1.42. The summed E-state index contributed by atoms with van der Waals surface area (Å²) in [6.07, 6.45) is 4.69. The van der Waals surface area contributed by atoms with Gasteiger partial charge in [-0.25, -0.2) is 0 Å². The number of hydrogen-bond acceptors (Lipinski definition) is 3. The average molecular weight is 249 g/mol. The summed E-state index contributed by atoms with van der Waals surface area (Å²) in [4.78, 5) is 15.9. The first-order valence-corrected chi connectivity index (χ1v) is 6.38. The van der Waals surface area contributed by atoms with Crippen LogP contribution in [0.25, 0.3) is 0 Å². The van der Waals surface area contributed by atoms with Crippen LogP contribution in [0.15, 0.2) is 24.5 Å². The maximum absolute atomic E-state index is 11.9. The number of nitrogens with two attached hydrogens (primary N) is 1. The molecule has 100 valence electrons. The highest BCUT2D eigenvalue weighted by molar-refractivity contribution is 5.77. The molecule has 1 atom stereocenters. The summed E-state index contributed by atoms with van der Waals surface area (Å²) in [6, 6.07) is 3.86. The molecule has 18 heavy (non-hydrogen) atoms. The fourth-order valence-corrected chi connectivity index (χ4v) is 1.62. The van der Waals surface area contributed by atoms with Crippen LogP contribution in [-0.4, -0.2) is 23.0 Å². The van der Waals surface area contributed by atoms with Crippen molar-refractivity contribution in [2.75, 3.05) is 6.54 Å². The third-order valence-corrected chi connectivity index (χ3v) is 3.49. The lowest BCUT2D eigenvalue weighted by atomic mass is 9.88. The average Bonchev–Trinajstić information content (AvgIpc) is 2.37. The number of rotatable bonds is 6. The number of carbonyl (C=O) groups excluding carboxylic acids is 1. The molecule has 0 bridgehead atoms. The summed E-state index contributed by atoms with van der Waals surface area (Å²) < 4.78 is 0. The number of pyridine rings is 1. The van der Waals surface area contributed by atoms with Gasteiger partial charge in [0.05, 0.1) is 5.54 Å². The van der Waals surface area contributed by atoms with Crippen molar-refractivity contribution in [1.29, 1.82) is 0 Å². The summed E-state index contributed by atoms with van der Waals surface area (Å²) in [5.41, 5.74) is 6.49. The second-order valence-electron chi connectivity index (χ2n) is 5.19. The molecule has 1 aromatic rings. The van der Waals surface area contributed by atoms with E-state index >= 15 is 0 Å². The minimum atomic E-state index is -0.327. The van der Waals surface area contributed by atoms with Crippen molar-refractivity contribution in [3.05, 3.63) is 30.1 Å². The van der Waals surface area contributed by atoms with Crippen LogP contribution in [0, 0.1) is 5.92 Å². The Bertz CT molecular complexity index is 378. The molecule has 0 aromatic carbocycles. The van der Waals surface area contributed by atoms with Crippen LogP contribution in [0.4, 0.5) is 0 Å². The van der Waals surface area contributed by atoms with Gasteiger partial charge in [-0.2, -0.15) is 0 Å². The van der Waals surface area contributed by atoms with Gasteiger partial charge in [-0.1, -0.05) is 19.9 Å². The molecule has 1 unspecified atom stereocenters. The normalized spacial score (nSPS) is 14.3. The Morgan fingerprint density at radius 3 is 2.78 bits per heavy atom. The third-order valence-electron chi connectivity index (χ3n) is 3.49. The van der Waals surface area contributed by atoms with Crippen LogP contribution in [-0.2, 0) is 11.2 Å². The molecule has 1 rings (SSSR count). The highest BCUT2D eigenvalue weighted by atomic mass is 16.1. The van der Waals surface area contributed by atoms with Crippen molar-refractivity contribution >= 4 is 5.91 Å². The number of amides is 1. The number of nitrogens with one attached hydrogen (secondary N) is 1. The largest absolute Gasteiger partial charge is 0.349 e. The molecule has 1 aromatic heterocycles. The molecular weight excluding hydrogens is 226 g/mol. The van der Waals surface area contributed by atoms with Gasteiger partial charge in [0.1, 0.15) is 0 Å². The van der Waals surface area contributed by atoms with Crippen LogP contribution >= 0.6 is 0 Å². The van der Waals surface area contributed by atoms with Gasteiger partial charge in [0.25, 0.3) is 0 Å². The molecule has 0 fully saturated rings. The zero-order valence-electron chi connectivity index (χ0n) is 11.4. The molecule has 0 aliphatic heterocycles. The second-order valence-corrected chi connectivity index (χ2v) is 5.19. The number of hydrogen-bond donors (Lipinski definition) is 2. The SMILES string of the molecule is CC(C)C(C)(CN)NC(=O)CCc1cccnc1. The molecule has 4 heteroatoms. The summed E-state index contributed by atoms with van der Waals surface area (Å²) in [5.74, 6) is 0.352. The van der Waals surface area contributed by atoms with Gasteiger partial charge in [0.15, 0.2) is 0 Å². The Morgan fingerprint density at radius 2 is 2.28 bits per heavy atom. The fraction of sp³-hybridized carbons (Fsp3) is 0.571. The lowest BCUT2D eigenvalue weighted by Gasteiger charge is -2.33. The van der Waals surface area contributed by atoms with Gasteiger partial charge < -0.3 is 11.1 Å². The van der Waals surface area contributed by atoms with E-state index < -0.39 is 0 Å².